The zero-order valence-corrected chi connectivity index (χ0v) is 5.76. The van der Waals surface area contributed by atoms with Gasteiger partial charge in [0.25, 0.3) is 0 Å². The first-order valence-corrected chi connectivity index (χ1v) is 2.86. The van der Waals surface area contributed by atoms with E-state index >= 15 is 0 Å². The summed E-state index contributed by atoms with van der Waals surface area (Å²) in [6.07, 6.45) is 3.73. The molecule has 9 heavy (non-hydrogen) atoms. The van der Waals surface area contributed by atoms with Gasteiger partial charge in [0.1, 0.15) is 7.85 Å². The maximum absolute atomic E-state index is 4.13. The molecule has 0 atom stereocenters. The second kappa shape index (κ2) is 2.09. The Balaban J connectivity index is 3.15. The topological polar surface area (TPSA) is 17.8 Å². The van der Waals surface area contributed by atoms with E-state index in [-0.39, 0.29) is 0 Å². The minimum Gasteiger partial charge on any atom is -0.276 e. The van der Waals surface area contributed by atoms with Crippen molar-refractivity contribution in [1.29, 1.82) is 0 Å². The number of rotatable bonds is 1. The van der Waals surface area contributed by atoms with Gasteiger partial charge in [0.2, 0.25) is 0 Å². The lowest BCUT2D eigenvalue weighted by molar-refractivity contribution is 0.765. The zero-order valence-electron chi connectivity index (χ0n) is 5.76. The molecular formula is C6H9BN2. The third-order valence-corrected chi connectivity index (χ3v) is 1.24. The Morgan fingerprint density at radius 1 is 1.89 bits per heavy atom. The van der Waals surface area contributed by atoms with Gasteiger partial charge in [-0.2, -0.15) is 5.10 Å². The molecule has 0 saturated carbocycles. The smallest absolute Gasteiger partial charge is 0.144 e. The molecule has 0 radical (unpaired) electrons. The molecule has 0 spiro atoms. The average Bonchev–Trinajstić information content (AvgIpc) is 2.10. The van der Waals surface area contributed by atoms with Gasteiger partial charge in [-0.05, 0) is 11.5 Å². The van der Waals surface area contributed by atoms with E-state index in [1.54, 1.807) is 10.8 Å². The largest absolute Gasteiger partial charge is 0.276 e. The van der Waals surface area contributed by atoms with E-state index in [9.17, 15) is 0 Å². The minimum atomic E-state index is 0.970. The summed E-state index contributed by atoms with van der Waals surface area (Å²) in [6, 6.07) is 0. The Kier molecular flexibility index (Phi) is 1.43. The lowest BCUT2D eigenvalue weighted by atomic mass is 9.97. The number of aromatic nitrogens is 2. The number of hydrogen-bond acceptors (Lipinski definition) is 1. The lowest BCUT2D eigenvalue weighted by Gasteiger charge is -1.81. The number of nitrogens with zero attached hydrogens (tertiary/aromatic N) is 2. The average molecular weight is 120 g/mol. The second-order valence-electron chi connectivity index (χ2n) is 2.08. The van der Waals surface area contributed by atoms with Crippen LogP contribution in [-0.2, 0) is 7.05 Å². The van der Waals surface area contributed by atoms with E-state index in [4.69, 9.17) is 0 Å². The third kappa shape index (κ3) is 1.04. The predicted octanol–water partition coefficient (Wildman–Crippen LogP) is -0.679. The Labute approximate surface area is 55.6 Å². The molecule has 1 heterocycles. The van der Waals surface area contributed by atoms with Crippen molar-refractivity contribution in [3.05, 3.63) is 18.5 Å². The van der Waals surface area contributed by atoms with Gasteiger partial charge in [0, 0.05) is 13.2 Å². The molecule has 0 N–H and O–H groups in total. The maximum atomic E-state index is 4.13. The quantitative estimate of drug-likeness (QED) is 0.449. The van der Waals surface area contributed by atoms with Gasteiger partial charge < -0.3 is 0 Å². The fraction of sp³-hybridized carbons (Fsp3) is 0.167. The summed E-state index contributed by atoms with van der Waals surface area (Å²) >= 11 is 0. The van der Waals surface area contributed by atoms with Crippen LogP contribution in [0.2, 0.25) is 0 Å². The summed E-state index contributed by atoms with van der Waals surface area (Å²) in [6.45, 7) is 3.63. The van der Waals surface area contributed by atoms with Gasteiger partial charge in [-0.3, -0.25) is 4.68 Å². The summed E-state index contributed by atoms with van der Waals surface area (Å²) in [5, 5.41) is 4.13. The van der Waals surface area contributed by atoms with Crippen LogP contribution < -0.4 is 5.46 Å². The molecule has 46 valence electrons. The molecule has 0 aromatic carbocycles. The summed E-state index contributed by atoms with van der Waals surface area (Å²) in [4.78, 5) is 0. The van der Waals surface area contributed by atoms with Crippen molar-refractivity contribution < 1.29 is 0 Å². The summed E-state index contributed by atoms with van der Waals surface area (Å²) in [7, 11) is 3.92. The van der Waals surface area contributed by atoms with Crippen molar-refractivity contribution in [3.63, 3.8) is 0 Å². The van der Waals surface area contributed by atoms with Crippen LogP contribution in [0.3, 0.4) is 0 Å². The molecule has 0 aliphatic heterocycles. The van der Waals surface area contributed by atoms with Gasteiger partial charge in [0.05, 0.1) is 5.69 Å². The van der Waals surface area contributed by atoms with E-state index in [1.807, 2.05) is 21.1 Å². The van der Waals surface area contributed by atoms with Gasteiger partial charge in [-0.15, -0.1) is 0 Å². The number of hydrogen-bond donors (Lipinski definition) is 0. The fourth-order valence-corrected chi connectivity index (χ4v) is 0.826. The summed E-state index contributed by atoms with van der Waals surface area (Å²) < 4.78 is 1.78. The first-order valence-electron chi connectivity index (χ1n) is 2.86. The summed E-state index contributed by atoms with van der Waals surface area (Å²) in [5.74, 6) is 0. The normalized spacial score (nSPS) is 9.44. The van der Waals surface area contributed by atoms with Crippen molar-refractivity contribution in [2.45, 2.75) is 0 Å². The molecule has 2 nitrogen and oxygen atoms in total. The Morgan fingerprint density at radius 3 is 2.78 bits per heavy atom. The van der Waals surface area contributed by atoms with Crippen LogP contribution in [0.1, 0.15) is 5.69 Å². The molecule has 0 bridgehead atoms. The highest BCUT2D eigenvalue weighted by atomic mass is 15.2. The van der Waals surface area contributed by atoms with E-state index < -0.39 is 0 Å². The molecule has 1 rings (SSSR count). The second-order valence-corrected chi connectivity index (χ2v) is 2.08. The Bertz CT molecular complexity index is 227. The van der Waals surface area contributed by atoms with Crippen molar-refractivity contribution in [3.8, 4) is 0 Å². The Hall–Kier alpha value is -0.985. The molecule has 0 saturated heterocycles. The van der Waals surface area contributed by atoms with Crippen molar-refractivity contribution >= 4 is 19.4 Å². The highest BCUT2D eigenvalue weighted by Crippen LogP contribution is 1.88. The molecule has 0 aliphatic rings. The molecule has 0 unspecified atom stereocenters. The zero-order chi connectivity index (χ0) is 6.85. The first-order chi connectivity index (χ1) is 4.24. The Morgan fingerprint density at radius 2 is 2.56 bits per heavy atom. The van der Waals surface area contributed by atoms with Crippen LogP contribution in [0.15, 0.2) is 12.8 Å². The monoisotopic (exact) mass is 120 g/mol. The summed E-state index contributed by atoms with van der Waals surface area (Å²) in [5.41, 5.74) is 2.14. The van der Waals surface area contributed by atoms with Crippen LogP contribution in [0, 0.1) is 0 Å². The maximum Gasteiger partial charge on any atom is 0.144 e. The van der Waals surface area contributed by atoms with Crippen molar-refractivity contribution in [1.82, 2.24) is 9.78 Å². The van der Waals surface area contributed by atoms with Crippen molar-refractivity contribution in [2.75, 3.05) is 0 Å². The highest BCUT2D eigenvalue weighted by Gasteiger charge is 1.95. The SMILES string of the molecule is Bc1cn(C)nc1C=C. The van der Waals surface area contributed by atoms with Gasteiger partial charge in [0.15, 0.2) is 0 Å². The van der Waals surface area contributed by atoms with Crippen molar-refractivity contribution in [2.24, 2.45) is 7.05 Å². The molecule has 3 heteroatoms. The molecule has 1 aromatic heterocycles. The van der Waals surface area contributed by atoms with Crippen LogP contribution in [0.4, 0.5) is 0 Å². The third-order valence-electron chi connectivity index (χ3n) is 1.24. The number of aryl methyl sites for hydroxylation is 1. The van der Waals surface area contributed by atoms with Crippen LogP contribution >= 0.6 is 0 Å². The predicted molar refractivity (Wildman–Crippen MR) is 41.5 cm³/mol. The van der Waals surface area contributed by atoms with Gasteiger partial charge >= 0.3 is 0 Å². The molecular weight excluding hydrogens is 111 g/mol. The van der Waals surface area contributed by atoms with Crippen LogP contribution in [0.25, 0.3) is 6.08 Å². The highest BCUT2D eigenvalue weighted by molar-refractivity contribution is 6.33. The molecule has 0 aliphatic carbocycles. The van der Waals surface area contributed by atoms with E-state index in [0.717, 1.165) is 5.69 Å². The molecule has 1 aromatic rings. The van der Waals surface area contributed by atoms with Gasteiger partial charge in [-0.1, -0.05) is 6.58 Å². The molecule has 0 amide bonds. The fourth-order valence-electron chi connectivity index (χ4n) is 0.826. The van der Waals surface area contributed by atoms with Crippen LogP contribution in [0.5, 0.6) is 0 Å². The lowest BCUT2D eigenvalue weighted by Crippen LogP contribution is -2.01. The van der Waals surface area contributed by atoms with E-state index in [1.165, 1.54) is 5.46 Å². The van der Waals surface area contributed by atoms with Crippen LogP contribution in [-0.4, -0.2) is 17.6 Å². The standard InChI is InChI=1S/C6H9BN2/c1-3-6-5(7)4-9(2)8-6/h3-4H,1,7H2,2H3. The van der Waals surface area contributed by atoms with E-state index in [2.05, 4.69) is 11.7 Å². The first kappa shape index (κ1) is 6.14. The van der Waals surface area contributed by atoms with E-state index in [0.29, 0.717) is 0 Å². The molecule has 0 fully saturated rings. The minimum absolute atomic E-state index is 0.970. The van der Waals surface area contributed by atoms with Gasteiger partial charge in [-0.25, -0.2) is 0 Å².